The maximum absolute atomic E-state index is 12.9. The second-order valence-electron chi connectivity index (χ2n) is 5.84. The van der Waals surface area contributed by atoms with Crippen molar-refractivity contribution >= 4 is 5.65 Å². The molecule has 4 rings (SSSR count). The molecule has 0 unspecified atom stereocenters. The zero-order valence-electron chi connectivity index (χ0n) is 12.1. The van der Waals surface area contributed by atoms with Crippen LogP contribution in [0.25, 0.3) is 5.65 Å². The third-order valence-corrected chi connectivity index (χ3v) is 4.41. The number of benzene rings is 1. The van der Waals surface area contributed by atoms with E-state index in [4.69, 9.17) is 0 Å². The van der Waals surface area contributed by atoms with Crippen LogP contribution in [0.4, 0.5) is 4.39 Å². The fraction of sp³-hybridized carbons (Fsp3) is 0.294. The van der Waals surface area contributed by atoms with Crippen LogP contribution in [0.1, 0.15) is 30.1 Å². The molecule has 3 aromatic rings. The first-order valence-corrected chi connectivity index (χ1v) is 7.57. The molecule has 1 fully saturated rings. The number of fused-ring (bicyclic) bond motifs is 1. The predicted molar refractivity (Wildman–Crippen MR) is 82.0 cm³/mol. The van der Waals surface area contributed by atoms with Crippen molar-refractivity contribution in [3.63, 3.8) is 0 Å². The van der Waals surface area contributed by atoms with E-state index >= 15 is 0 Å². The Morgan fingerprint density at radius 1 is 1.09 bits per heavy atom. The summed E-state index contributed by atoms with van der Waals surface area (Å²) < 4.78 is 14.9. The molecule has 5 heteroatoms. The van der Waals surface area contributed by atoms with E-state index in [0.717, 1.165) is 24.3 Å². The molecular formula is C17H17FN4. The van der Waals surface area contributed by atoms with Crippen molar-refractivity contribution in [3.05, 3.63) is 65.9 Å². The summed E-state index contributed by atoms with van der Waals surface area (Å²) in [5.41, 5.74) is 2.10. The Balaban J connectivity index is 1.34. The number of rotatable bonds is 4. The van der Waals surface area contributed by atoms with Crippen molar-refractivity contribution < 1.29 is 4.39 Å². The van der Waals surface area contributed by atoms with Crippen LogP contribution in [-0.2, 0) is 6.54 Å². The third-order valence-electron chi connectivity index (χ3n) is 4.41. The van der Waals surface area contributed by atoms with Gasteiger partial charge in [-0.3, -0.25) is 4.40 Å². The molecule has 1 aliphatic carbocycles. The van der Waals surface area contributed by atoms with Gasteiger partial charge in [-0.1, -0.05) is 18.2 Å². The molecule has 0 atom stereocenters. The summed E-state index contributed by atoms with van der Waals surface area (Å²) in [5, 5.41) is 11.9. The van der Waals surface area contributed by atoms with Gasteiger partial charge in [0, 0.05) is 12.2 Å². The standard InChI is InChI=1S/C17H17FN4/c18-14-6-4-12(5-7-14)13-9-15(10-13)19-11-17-21-20-16-3-1-2-8-22(16)17/h1-8,13,15,19H,9-11H2. The SMILES string of the molecule is Fc1ccc(C2CC(NCc3nnc4ccccn34)C2)cc1. The van der Waals surface area contributed by atoms with Crippen molar-refractivity contribution in [1.82, 2.24) is 19.9 Å². The van der Waals surface area contributed by atoms with Gasteiger partial charge in [-0.15, -0.1) is 10.2 Å². The van der Waals surface area contributed by atoms with E-state index in [9.17, 15) is 4.39 Å². The lowest BCUT2D eigenvalue weighted by atomic mass is 9.76. The smallest absolute Gasteiger partial charge is 0.160 e. The molecule has 0 aliphatic heterocycles. The lowest BCUT2D eigenvalue weighted by molar-refractivity contribution is 0.287. The van der Waals surface area contributed by atoms with Crippen molar-refractivity contribution in [1.29, 1.82) is 0 Å². The molecule has 0 saturated heterocycles. The van der Waals surface area contributed by atoms with Crippen molar-refractivity contribution in [2.24, 2.45) is 0 Å². The molecule has 0 bridgehead atoms. The average molecular weight is 296 g/mol. The van der Waals surface area contributed by atoms with E-state index in [1.807, 2.05) is 40.9 Å². The molecule has 4 nitrogen and oxygen atoms in total. The van der Waals surface area contributed by atoms with Crippen LogP contribution in [0.5, 0.6) is 0 Å². The quantitative estimate of drug-likeness (QED) is 0.805. The van der Waals surface area contributed by atoms with E-state index in [1.54, 1.807) is 12.1 Å². The third kappa shape index (κ3) is 2.48. The van der Waals surface area contributed by atoms with Crippen LogP contribution >= 0.6 is 0 Å². The van der Waals surface area contributed by atoms with E-state index in [1.165, 1.54) is 5.56 Å². The minimum Gasteiger partial charge on any atom is -0.307 e. The molecule has 2 aromatic heterocycles. The molecular weight excluding hydrogens is 279 g/mol. The van der Waals surface area contributed by atoms with Crippen molar-refractivity contribution in [3.8, 4) is 0 Å². The Morgan fingerprint density at radius 2 is 1.91 bits per heavy atom. The van der Waals surface area contributed by atoms with Gasteiger partial charge < -0.3 is 5.32 Å². The molecule has 0 spiro atoms. The molecule has 1 aliphatic rings. The minimum atomic E-state index is -0.170. The van der Waals surface area contributed by atoms with Gasteiger partial charge in [0.15, 0.2) is 11.5 Å². The van der Waals surface area contributed by atoms with E-state index in [-0.39, 0.29) is 5.82 Å². The molecule has 2 heterocycles. The normalized spacial score (nSPS) is 21.0. The van der Waals surface area contributed by atoms with Gasteiger partial charge in [0.2, 0.25) is 0 Å². The largest absolute Gasteiger partial charge is 0.307 e. The zero-order valence-corrected chi connectivity index (χ0v) is 12.1. The van der Waals surface area contributed by atoms with Crippen molar-refractivity contribution in [2.75, 3.05) is 0 Å². The Kier molecular flexibility index (Phi) is 3.35. The van der Waals surface area contributed by atoms with Gasteiger partial charge in [0.25, 0.3) is 0 Å². The number of halogens is 1. The average Bonchev–Trinajstić information content (AvgIpc) is 2.91. The van der Waals surface area contributed by atoms with E-state index in [2.05, 4.69) is 15.5 Å². The highest BCUT2D eigenvalue weighted by molar-refractivity contribution is 5.37. The summed E-state index contributed by atoms with van der Waals surface area (Å²) in [6.07, 6.45) is 4.15. The van der Waals surface area contributed by atoms with Gasteiger partial charge in [0.05, 0.1) is 6.54 Å². The Labute approximate surface area is 128 Å². The highest BCUT2D eigenvalue weighted by atomic mass is 19.1. The summed E-state index contributed by atoms with van der Waals surface area (Å²) in [6.45, 7) is 0.714. The van der Waals surface area contributed by atoms with Gasteiger partial charge in [-0.2, -0.15) is 0 Å². The van der Waals surface area contributed by atoms with Crippen LogP contribution in [0.3, 0.4) is 0 Å². The number of hydrogen-bond acceptors (Lipinski definition) is 3. The van der Waals surface area contributed by atoms with Crippen molar-refractivity contribution in [2.45, 2.75) is 31.3 Å². The summed E-state index contributed by atoms with van der Waals surface area (Å²) in [7, 11) is 0. The number of hydrogen-bond donors (Lipinski definition) is 1. The van der Waals surface area contributed by atoms with Gasteiger partial charge in [0.1, 0.15) is 5.82 Å². The second-order valence-corrected chi connectivity index (χ2v) is 5.84. The van der Waals surface area contributed by atoms with Crippen LogP contribution in [0.15, 0.2) is 48.7 Å². The van der Waals surface area contributed by atoms with E-state index in [0.29, 0.717) is 18.5 Å². The minimum absolute atomic E-state index is 0.170. The Morgan fingerprint density at radius 3 is 2.73 bits per heavy atom. The maximum Gasteiger partial charge on any atom is 0.160 e. The lowest BCUT2D eigenvalue weighted by Crippen LogP contribution is -2.39. The molecule has 0 amide bonds. The summed E-state index contributed by atoms with van der Waals surface area (Å²) in [5.74, 6) is 1.30. The first-order chi connectivity index (χ1) is 10.8. The zero-order chi connectivity index (χ0) is 14.9. The molecule has 1 N–H and O–H groups in total. The van der Waals surface area contributed by atoms with Crippen LogP contribution in [0.2, 0.25) is 0 Å². The number of nitrogens with one attached hydrogen (secondary N) is 1. The first kappa shape index (κ1) is 13.4. The highest BCUT2D eigenvalue weighted by Crippen LogP contribution is 2.36. The number of nitrogens with zero attached hydrogens (tertiary/aromatic N) is 3. The predicted octanol–water partition coefficient (Wildman–Crippen LogP) is 2.90. The first-order valence-electron chi connectivity index (χ1n) is 7.57. The Bertz CT molecular complexity index is 775. The number of aromatic nitrogens is 3. The molecule has 0 radical (unpaired) electrons. The van der Waals surface area contributed by atoms with Crippen LogP contribution in [-0.4, -0.2) is 20.6 Å². The summed E-state index contributed by atoms with van der Waals surface area (Å²) in [4.78, 5) is 0. The second kappa shape index (κ2) is 5.50. The topological polar surface area (TPSA) is 42.2 Å². The van der Waals surface area contributed by atoms with Gasteiger partial charge >= 0.3 is 0 Å². The monoisotopic (exact) mass is 296 g/mol. The van der Waals surface area contributed by atoms with Gasteiger partial charge in [-0.25, -0.2) is 4.39 Å². The summed E-state index contributed by atoms with van der Waals surface area (Å²) >= 11 is 0. The molecule has 1 saturated carbocycles. The van der Waals surface area contributed by atoms with Gasteiger partial charge in [-0.05, 0) is 48.6 Å². The fourth-order valence-electron chi connectivity index (χ4n) is 3.04. The summed E-state index contributed by atoms with van der Waals surface area (Å²) in [6, 6.07) is 13.2. The van der Waals surface area contributed by atoms with Crippen LogP contribution < -0.4 is 5.32 Å². The highest BCUT2D eigenvalue weighted by Gasteiger charge is 2.30. The fourth-order valence-corrected chi connectivity index (χ4v) is 3.04. The van der Waals surface area contributed by atoms with E-state index < -0.39 is 0 Å². The molecule has 1 aromatic carbocycles. The maximum atomic E-state index is 12.9. The molecule has 112 valence electrons. The molecule has 22 heavy (non-hydrogen) atoms. The lowest BCUT2D eigenvalue weighted by Gasteiger charge is -2.36. The number of pyridine rings is 1. The Hall–Kier alpha value is -2.27. The van der Waals surface area contributed by atoms with Crippen LogP contribution in [0, 0.1) is 5.82 Å².